The zero-order chi connectivity index (χ0) is 17.9. The second-order valence-corrected chi connectivity index (χ2v) is 5.16. The van der Waals surface area contributed by atoms with E-state index in [0.29, 0.717) is 0 Å². The van der Waals surface area contributed by atoms with E-state index in [1.165, 1.54) is 0 Å². The Kier molecular flexibility index (Phi) is 8.49. The summed E-state index contributed by atoms with van der Waals surface area (Å²) in [5, 5.41) is 5.54. The number of benzene rings is 1. The standard InChI is InChI=1S/C17H23N3O3S/c1-4-20(5-2)14-9-7-13(8-10-14)18-17(24)19-15(21)11-12-16(22)23-6-3/h7-12H,4-6H2,1-3H3,(H2,18,19,21,24)/b12-11+. The molecule has 24 heavy (non-hydrogen) atoms. The molecule has 0 radical (unpaired) electrons. The van der Waals surface area contributed by atoms with Gasteiger partial charge < -0.3 is 15.0 Å². The number of hydrogen-bond acceptors (Lipinski definition) is 5. The monoisotopic (exact) mass is 349 g/mol. The van der Waals surface area contributed by atoms with Crippen LogP contribution in [0.1, 0.15) is 20.8 Å². The summed E-state index contributed by atoms with van der Waals surface area (Å²) in [5.74, 6) is -1.07. The lowest BCUT2D eigenvalue weighted by molar-refractivity contribution is -0.137. The number of nitrogens with zero attached hydrogens (tertiary/aromatic N) is 1. The van der Waals surface area contributed by atoms with Crippen molar-refractivity contribution in [3.05, 3.63) is 36.4 Å². The second kappa shape index (κ2) is 10.4. The van der Waals surface area contributed by atoms with Gasteiger partial charge in [0.25, 0.3) is 0 Å². The van der Waals surface area contributed by atoms with Crippen molar-refractivity contribution in [1.82, 2.24) is 5.32 Å². The molecule has 0 aliphatic carbocycles. The minimum Gasteiger partial charge on any atom is -0.463 e. The van der Waals surface area contributed by atoms with E-state index in [0.717, 1.165) is 36.6 Å². The molecule has 0 aliphatic rings. The molecule has 1 aromatic carbocycles. The zero-order valence-corrected chi connectivity index (χ0v) is 15.0. The highest BCUT2D eigenvalue weighted by atomic mass is 32.1. The lowest BCUT2D eigenvalue weighted by Gasteiger charge is -2.21. The number of carbonyl (C=O) groups is 2. The number of carbonyl (C=O) groups excluding carboxylic acids is 2. The molecule has 0 saturated carbocycles. The van der Waals surface area contributed by atoms with Crippen molar-refractivity contribution in [2.75, 3.05) is 29.9 Å². The number of thiocarbonyl (C=S) groups is 1. The van der Waals surface area contributed by atoms with Crippen LogP contribution in [0.15, 0.2) is 36.4 Å². The first-order valence-corrected chi connectivity index (χ1v) is 8.22. The highest BCUT2D eigenvalue weighted by Gasteiger charge is 2.05. The van der Waals surface area contributed by atoms with Gasteiger partial charge >= 0.3 is 5.97 Å². The van der Waals surface area contributed by atoms with Crippen LogP contribution in [-0.2, 0) is 14.3 Å². The normalized spacial score (nSPS) is 10.3. The summed E-state index contributed by atoms with van der Waals surface area (Å²) in [4.78, 5) is 25.0. The zero-order valence-electron chi connectivity index (χ0n) is 14.2. The number of ether oxygens (including phenoxy) is 1. The predicted octanol–water partition coefficient (Wildman–Crippen LogP) is 2.47. The number of amides is 1. The topological polar surface area (TPSA) is 70.7 Å². The molecule has 0 saturated heterocycles. The highest BCUT2D eigenvalue weighted by Crippen LogP contribution is 2.17. The van der Waals surface area contributed by atoms with E-state index in [1.807, 2.05) is 24.3 Å². The quantitative estimate of drug-likeness (QED) is 0.448. The lowest BCUT2D eigenvalue weighted by atomic mass is 10.2. The molecule has 7 heteroatoms. The smallest absolute Gasteiger partial charge is 0.330 e. The Labute approximate surface area is 147 Å². The van der Waals surface area contributed by atoms with Crippen molar-refractivity contribution < 1.29 is 14.3 Å². The van der Waals surface area contributed by atoms with E-state index >= 15 is 0 Å². The summed E-state index contributed by atoms with van der Waals surface area (Å²) < 4.78 is 4.68. The minimum atomic E-state index is -0.571. The first-order valence-electron chi connectivity index (χ1n) is 7.81. The van der Waals surface area contributed by atoms with Crippen molar-refractivity contribution in [1.29, 1.82) is 0 Å². The van der Waals surface area contributed by atoms with Crippen LogP contribution < -0.4 is 15.5 Å². The predicted molar refractivity (Wildman–Crippen MR) is 100 cm³/mol. The van der Waals surface area contributed by atoms with Gasteiger partial charge in [0.15, 0.2) is 5.11 Å². The number of anilines is 2. The Morgan fingerprint density at radius 2 is 1.75 bits per heavy atom. The summed E-state index contributed by atoms with van der Waals surface area (Å²) in [6.07, 6.45) is 2.13. The van der Waals surface area contributed by atoms with Gasteiger partial charge in [-0.3, -0.25) is 10.1 Å². The number of nitrogens with one attached hydrogen (secondary N) is 2. The Balaban J connectivity index is 2.53. The van der Waals surface area contributed by atoms with Gasteiger partial charge in [0.05, 0.1) is 6.61 Å². The van der Waals surface area contributed by atoms with Gasteiger partial charge in [-0.1, -0.05) is 0 Å². The molecule has 0 heterocycles. The SMILES string of the molecule is CCOC(=O)/C=C/C(=O)NC(=S)Nc1ccc(N(CC)CC)cc1. The van der Waals surface area contributed by atoms with Crippen LogP contribution in [0, 0.1) is 0 Å². The van der Waals surface area contributed by atoms with Crippen LogP contribution >= 0.6 is 12.2 Å². The summed E-state index contributed by atoms with van der Waals surface area (Å²) in [6.45, 7) is 8.02. The molecule has 0 unspecified atom stereocenters. The fourth-order valence-electron chi connectivity index (χ4n) is 1.99. The summed E-state index contributed by atoms with van der Waals surface area (Å²) in [5.41, 5.74) is 1.89. The van der Waals surface area contributed by atoms with Crippen molar-refractivity contribution in [3.63, 3.8) is 0 Å². The van der Waals surface area contributed by atoms with Crippen molar-refractivity contribution in [2.24, 2.45) is 0 Å². The molecule has 1 aromatic rings. The molecule has 0 aliphatic heterocycles. The van der Waals surface area contributed by atoms with E-state index in [1.54, 1.807) is 6.92 Å². The molecule has 0 aromatic heterocycles. The minimum absolute atomic E-state index is 0.157. The molecule has 1 rings (SSSR count). The molecule has 130 valence electrons. The van der Waals surface area contributed by atoms with E-state index < -0.39 is 11.9 Å². The highest BCUT2D eigenvalue weighted by molar-refractivity contribution is 7.80. The maximum Gasteiger partial charge on any atom is 0.330 e. The van der Waals surface area contributed by atoms with Crippen LogP contribution in [0.3, 0.4) is 0 Å². The first kappa shape index (κ1) is 19.6. The molecule has 0 atom stereocenters. The van der Waals surface area contributed by atoms with E-state index in [-0.39, 0.29) is 11.7 Å². The maximum atomic E-state index is 11.6. The van der Waals surface area contributed by atoms with Crippen molar-refractivity contribution in [2.45, 2.75) is 20.8 Å². The van der Waals surface area contributed by atoms with Crippen LogP contribution in [0.4, 0.5) is 11.4 Å². The molecule has 0 fully saturated rings. The summed E-state index contributed by atoms with van der Waals surface area (Å²) >= 11 is 5.07. The lowest BCUT2D eigenvalue weighted by Crippen LogP contribution is -2.33. The second-order valence-electron chi connectivity index (χ2n) is 4.75. The van der Waals surface area contributed by atoms with Crippen LogP contribution in [-0.4, -0.2) is 36.7 Å². The first-order chi connectivity index (χ1) is 11.5. The maximum absolute atomic E-state index is 11.6. The van der Waals surface area contributed by atoms with E-state index in [2.05, 4.69) is 34.1 Å². The molecule has 0 spiro atoms. The number of rotatable bonds is 7. The van der Waals surface area contributed by atoms with Crippen LogP contribution in [0.5, 0.6) is 0 Å². The third kappa shape index (κ3) is 6.78. The molecular weight excluding hydrogens is 326 g/mol. The van der Waals surface area contributed by atoms with Gasteiger partial charge in [-0.05, 0) is 57.3 Å². The Bertz CT molecular complexity index is 596. The Morgan fingerprint density at radius 3 is 2.29 bits per heavy atom. The fourth-order valence-corrected chi connectivity index (χ4v) is 2.21. The molecule has 1 amide bonds. The van der Waals surface area contributed by atoms with Gasteiger partial charge in [-0.2, -0.15) is 0 Å². The third-order valence-electron chi connectivity index (χ3n) is 3.15. The largest absolute Gasteiger partial charge is 0.463 e. The van der Waals surface area contributed by atoms with Gasteiger partial charge in [0.1, 0.15) is 0 Å². The third-order valence-corrected chi connectivity index (χ3v) is 3.35. The van der Waals surface area contributed by atoms with Gasteiger partial charge in [0, 0.05) is 36.6 Å². The number of hydrogen-bond donors (Lipinski definition) is 2. The van der Waals surface area contributed by atoms with Crippen molar-refractivity contribution >= 4 is 40.6 Å². The summed E-state index contributed by atoms with van der Waals surface area (Å²) in [6, 6.07) is 7.75. The molecular formula is C17H23N3O3S. The fraction of sp³-hybridized carbons (Fsp3) is 0.353. The molecule has 2 N–H and O–H groups in total. The van der Waals surface area contributed by atoms with E-state index in [9.17, 15) is 9.59 Å². The molecule has 0 bridgehead atoms. The average Bonchev–Trinajstić information content (AvgIpc) is 2.56. The van der Waals surface area contributed by atoms with Gasteiger partial charge in [-0.25, -0.2) is 4.79 Å². The number of esters is 1. The van der Waals surface area contributed by atoms with E-state index in [4.69, 9.17) is 12.2 Å². The van der Waals surface area contributed by atoms with Gasteiger partial charge in [-0.15, -0.1) is 0 Å². The van der Waals surface area contributed by atoms with Crippen LogP contribution in [0.2, 0.25) is 0 Å². The summed E-state index contributed by atoms with van der Waals surface area (Å²) in [7, 11) is 0. The Hall–Kier alpha value is -2.41. The molecule has 6 nitrogen and oxygen atoms in total. The van der Waals surface area contributed by atoms with Gasteiger partial charge in [0.2, 0.25) is 5.91 Å². The van der Waals surface area contributed by atoms with Crippen molar-refractivity contribution in [3.8, 4) is 0 Å². The average molecular weight is 349 g/mol. The van der Waals surface area contributed by atoms with Crippen LogP contribution in [0.25, 0.3) is 0 Å². The Morgan fingerprint density at radius 1 is 1.12 bits per heavy atom.